The zero-order valence-electron chi connectivity index (χ0n) is 10.3. The van der Waals surface area contributed by atoms with Crippen LogP contribution in [-0.2, 0) is 4.79 Å². The van der Waals surface area contributed by atoms with Gasteiger partial charge in [-0.2, -0.15) is 0 Å². The quantitative estimate of drug-likeness (QED) is 0.619. The SMILES string of the molecule is Cc1cc([N+](=O)[O-])ccc1NC(=O)CCC(C)O. The van der Waals surface area contributed by atoms with Crippen molar-refractivity contribution in [3.8, 4) is 0 Å². The molecule has 6 nitrogen and oxygen atoms in total. The molecule has 0 saturated carbocycles. The predicted octanol–water partition coefficient (Wildman–Crippen LogP) is 2.00. The molecule has 2 N–H and O–H groups in total. The lowest BCUT2D eigenvalue weighted by Crippen LogP contribution is -2.14. The summed E-state index contributed by atoms with van der Waals surface area (Å²) in [7, 11) is 0. The average Bonchev–Trinajstić information content (AvgIpc) is 2.29. The Bertz CT molecular complexity index is 457. The normalized spacial score (nSPS) is 11.9. The van der Waals surface area contributed by atoms with E-state index in [-0.39, 0.29) is 18.0 Å². The second-order valence-corrected chi connectivity index (χ2v) is 4.19. The van der Waals surface area contributed by atoms with Crippen molar-refractivity contribution in [1.29, 1.82) is 0 Å². The number of carbonyl (C=O) groups is 1. The Hall–Kier alpha value is -1.95. The van der Waals surface area contributed by atoms with Crippen molar-refractivity contribution in [3.63, 3.8) is 0 Å². The third-order valence-electron chi connectivity index (χ3n) is 2.48. The maximum absolute atomic E-state index is 11.5. The number of non-ortho nitro benzene ring substituents is 1. The highest BCUT2D eigenvalue weighted by Crippen LogP contribution is 2.21. The van der Waals surface area contributed by atoms with Gasteiger partial charge in [-0.1, -0.05) is 0 Å². The Balaban J connectivity index is 2.68. The lowest BCUT2D eigenvalue weighted by atomic mass is 10.1. The van der Waals surface area contributed by atoms with Crippen molar-refractivity contribution < 1.29 is 14.8 Å². The van der Waals surface area contributed by atoms with Gasteiger partial charge >= 0.3 is 0 Å². The lowest BCUT2D eigenvalue weighted by molar-refractivity contribution is -0.384. The number of benzene rings is 1. The molecule has 1 rings (SSSR count). The Labute approximate surface area is 105 Å². The zero-order chi connectivity index (χ0) is 13.7. The molecule has 1 amide bonds. The van der Waals surface area contributed by atoms with Crippen LogP contribution in [0.5, 0.6) is 0 Å². The van der Waals surface area contributed by atoms with E-state index in [9.17, 15) is 14.9 Å². The number of hydrogen-bond donors (Lipinski definition) is 2. The summed E-state index contributed by atoms with van der Waals surface area (Å²) >= 11 is 0. The minimum absolute atomic E-state index is 0.00511. The summed E-state index contributed by atoms with van der Waals surface area (Å²) in [6, 6.07) is 4.26. The molecule has 98 valence electrons. The summed E-state index contributed by atoms with van der Waals surface area (Å²) in [5.41, 5.74) is 1.18. The molecular formula is C12H16N2O4. The Kier molecular flexibility index (Phi) is 4.79. The van der Waals surface area contributed by atoms with Gasteiger partial charge in [-0.25, -0.2) is 0 Å². The molecule has 18 heavy (non-hydrogen) atoms. The summed E-state index contributed by atoms with van der Waals surface area (Å²) < 4.78 is 0. The molecule has 6 heteroatoms. The molecule has 1 unspecified atom stereocenters. The number of anilines is 1. The van der Waals surface area contributed by atoms with Crippen LogP contribution < -0.4 is 5.32 Å². The summed E-state index contributed by atoms with van der Waals surface area (Å²) in [5.74, 6) is -0.215. The van der Waals surface area contributed by atoms with Crippen molar-refractivity contribution >= 4 is 17.3 Å². The summed E-state index contributed by atoms with van der Waals surface area (Å²) in [4.78, 5) is 21.6. The van der Waals surface area contributed by atoms with E-state index in [2.05, 4.69) is 5.32 Å². The first kappa shape index (κ1) is 14.1. The van der Waals surface area contributed by atoms with Crippen LogP contribution in [0.4, 0.5) is 11.4 Å². The average molecular weight is 252 g/mol. The van der Waals surface area contributed by atoms with E-state index in [1.807, 2.05) is 0 Å². The number of nitrogens with zero attached hydrogens (tertiary/aromatic N) is 1. The first-order chi connectivity index (χ1) is 8.40. The van der Waals surface area contributed by atoms with Gasteiger partial charge in [-0.15, -0.1) is 0 Å². The molecule has 1 aromatic rings. The molecule has 0 radical (unpaired) electrons. The van der Waals surface area contributed by atoms with Crippen molar-refractivity contribution in [3.05, 3.63) is 33.9 Å². The smallest absolute Gasteiger partial charge is 0.269 e. The maximum Gasteiger partial charge on any atom is 0.269 e. The summed E-state index contributed by atoms with van der Waals surface area (Å²) in [6.07, 6.45) is 0.0834. The van der Waals surface area contributed by atoms with E-state index in [4.69, 9.17) is 5.11 Å². The molecule has 0 aromatic heterocycles. The van der Waals surface area contributed by atoms with Gasteiger partial charge in [0.2, 0.25) is 5.91 Å². The lowest BCUT2D eigenvalue weighted by Gasteiger charge is -2.08. The van der Waals surface area contributed by atoms with Gasteiger partial charge in [0.1, 0.15) is 0 Å². The molecule has 0 spiro atoms. The van der Waals surface area contributed by atoms with Crippen LogP contribution in [0, 0.1) is 17.0 Å². The molecule has 0 bridgehead atoms. The van der Waals surface area contributed by atoms with Crippen LogP contribution in [0.3, 0.4) is 0 Å². The Morgan fingerprint density at radius 1 is 1.56 bits per heavy atom. The highest BCUT2D eigenvalue weighted by atomic mass is 16.6. The minimum Gasteiger partial charge on any atom is -0.393 e. The molecule has 1 atom stereocenters. The highest BCUT2D eigenvalue weighted by molar-refractivity contribution is 5.91. The fraction of sp³-hybridized carbons (Fsp3) is 0.417. The van der Waals surface area contributed by atoms with E-state index >= 15 is 0 Å². The number of rotatable bonds is 5. The van der Waals surface area contributed by atoms with Crippen LogP contribution >= 0.6 is 0 Å². The fourth-order valence-electron chi connectivity index (χ4n) is 1.45. The monoisotopic (exact) mass is 252 g/mol. The van der Waals surface area contributed by atoms with Gasteiger partial charge < -0.3 is 10.4 Å². The first-order valence-corrected chi connectivity index (χ1v) is 5.63. The molecule has 0 aliphatic heterocycles. The third kappa shape index (κ3) is 4.14. The molecular weight excluding hydrogens is 236 g/mol. The topological polar surface area (TPSA) is 92.5 Å². The fourth-order valence-corrected chi connectivity index (χ4v) is 1.45. The predicted molar refractivity (Wildman–Crippen MR) is 67.4 cm³/mol. The number of nitrogens with one attached hydrogen (secondary N) is 1. The number of carbonyl (C=O) groups excluding carboxylic acids is 1. The van der Waals surface area contributed by atoms with Crippen LogP contribution in [0.25, 0.3) is 0 Å². The van der Waals surface area contributed by atoms with Crippen LogP contribution in [0.1, 0.15) is 25.3 Å². The van der Waals surface area contributed by atoms with E-state index < -0.39 is 11.0 Å². The number of nitro groups is 1. The second kappa shape index (κ2) is 6.11. The molecule has 0 aliphatic carbocycles. The van der Waals surface area contributed by atoms with Gasteiger partial charge in [-0.3, -0.25) is 14.9 Å². The summed E-state index contributed by atoms with van der Waals surface area (Å²) in [6.45, 7) is 3.31. The van der Waals surface area contributed by atoms with Crippen LogP contribution in [-0.4, -0.2) is 22.0 Å². The van der Waals surface area contributed by atoms with Gasteiger partial charge in [-0.05, 0) is 31.9 Å². The van der Waals surface area contributed by atoms with Gasteiger partial charge in [0.25, 0.3) is 5.69 Å². The number of aliphatic hydroxyl groups is 1. The highest BCUT2D eigenvalue weighted by Gasteiger charge is 2.10. The third-order valence-corrected chi connectivity index (χ3v) is 2.48. The molecule has 1 aromatic carbocycles. The number of amides is 1. The first-order valence-electron chi connectivity index (χ1n) is 5.63. The molecule has 0 saturated heterocycles. The molecule has 0 aliphatic rings. The van der Waals surface area contributed by atoms with Crippen LogP contribution in [0.15, 0.2) is 18.2 Å². The van der Waals surface area contributed by atoms with E-state index in [1.54, 1.807) is 13.8 Å². The Morgan fingerprint density at radius 2 is 2.22 bits per heavy atom. The maximum atomic E-state index is 11.5. The number of aryl methyl sites for hydroxylation is 1. The largest absolute Gasteiger partial charge is 0.393 e. The van der Waals surface area contributed by atoms with Crippen molar-refractivity contribution in [2.75, 3.05) is 5.32 Å². The number of hydrogen-bond acceptors (Lipinski definition) is 4. The molecule has 0 heterocycles. The Morgan fingerprint density at radius 3 is 2.72 bits per heavy atom. The minimum atomic E-state index is -0.520. The van der Waals surface area contributed by atoms with Crippen molar-refractivity contribution in [2.45, 2.75) is 32.8 Å². The number of nitro benzene ring substituents is 1. The van der Waals surface area contributed by atoms with Gasteiger partial charge in [0.05, 0.1) is 11.0 Å². The van der Waals surface area contributed by atoms with Gasteiger partial charge in [0, 0.05) is 24.2 Å². The van der Waals surface area contributed by atoms with Crippen molar-refractivity contribution in [1.82, 2.24) is 0 Å². The standard InChI is InChI=1S/C12H16N2O4/c1-8-7-10(14(17)18)4-5-11(8)13-12(16)6-3-9(2)15/h4-5,7,9,15H,3,6H2,1-2H3,(H,13,16). The van der Waals surface area contributed by atoms with Crippen molar-refractivity contribution in [2.24, 2.45) is 0 Å². The number of aliphatic hydroxyl groups excluding tert-OH is 1. The summed E-state index contributed by atoms with van der Waals surface area (Å²) in [5, 5.41) is 22.3. The second-order valence-electron chi connectivity index (χ2n) is 4.19. The van der Waals surface area contributed by atoms with Gasteiger partial charge in [0.15, 0.2) is 0 Å². The van der Waals surface area contributed by atoms with E-state index in [1.165, 1.54) is 18.2 Å². The molecule has 0 fully saturated rings. The van der Waals surface area contributed by atoms with Crippen LogP contribution in [0.2, 0.25) is 0 Å². The van der Waals surface area contributed by atoms with E-state index in [0.717, 1.165) is 0 Å². The van der Waals surface area contributed by atoms with E-state index in [0.29, 0.717) is 17.7 Å². The zero-order valence-corrected chi connectivity index (χ0v) is 10.3.